The zero-order chi connectivity index (χ0) is 7.82. The molecule has 0 rings (SSSR count). The van der Waals surface area contributed by atoms with E-state index in [1.165, 1.54) is 0 Å². The Balaban J connectivity index is 2.77. The van der Waals surface area contributed by atoms with Gasteiger partial charge in [-0.3, -0.25) is 0 Å². The van der Waals surface area contributed by atoms with Crippen LogP contribution in [0.3, 0.4) is 0 Å². The molecule has 1 atom stereocenters. The highest BCUT2D eigenvalue weighted by molar-refractivity contribution is 4.36. The molecule has 0 aliphatic heterocycles. The number of aliphatic hydroxyl groups excluding tert-OH is 1. The maximum absolute atomic E-state index is 8.70. The standard InChI is InChI=1S/C7H16O3/c1-3-4-5-9-10-6-7(2)8/h7-8H,3-6H2,1-2H3. The van der Waals surface area contributed by atoms with Crippen molar-refractivity contribution in [3.05, 3.63) is 0 Å². The molecule has 0 saturated heterocycles. The van der Waals surface area contributed by atoms with E-state index in [0.29, 0.717) is 6.61 Å². The van der Waals surface area contributed by atoms with Crippen LogP contribution in [0.1, 0.15) is 26.7 Å². The van der Waals surface area contributed by atoms with Crippen LogP contribution >= 0.6 is 0 Å². The topological polar surface area (TPSA) is 38.7 Å². The van der Waals surface area contributed by atoms with Crippen LogP contribution in [0.2, 0.25) is 0 Å². The van der Waals surface area contributed by atoms with Crippen LogP contribution in [0.4, 0.5) is 0 Å². The fourth-order valence-corrected chi connectivity index (χ4v) is 0.409. The molecule has 0 radical (unpaired) electrons. The van der Waals surface area contributed by atoms with Gasteiger partial charge in [0.1, 0.15) is 6.61 Å². The van der Waals surface area contributed by atoms with Crippen molar-refractivity contribution in [1.29, 1.82) is 0 Å². The van der Waals surface area contributed by atoms with Gasteiger partial charge in [0.15, 0.2) is 0 Å². The number of aliphatic hydroxyl groups is 1. The largest absolute Gasteiger partial charge is 0.391 e. The van der Waals surface area contributed by atoms with Crippen LogP contribution in [0, 0.1) is 0 Å². The minimum absolute atomic E-state index is 0.254. The van der Waals surface area contributed by atoms with Crippen LogP contribution < -0.4 is 0 Å². The van der Waals surface area contributed by atoms with E-state index in [1.54, 1.807) is 6.92 Å². The Morgan fingerprint density at radius 1 is 1.40 bits per heavy atom. The van der Waals surface area contributed by atoms with Gasteiger partial charge in [0, 0.05) is 0 Å². The summed E-state index contributed by atoms with van der Waals surface area (Å²) in [5.74, 6) is 0. The highest BCUT2D eigenvalue weighted by atomic mass is 17.2. The van der Waals surface area contributed by atoms with Crippen molar-refractivity contribution >= 4 is 0 Å². The van der Waals surface area contributed by atoms with Gasteiger partial charge in [0.05, 0.1) is 12.7 Å². The lowest BCUT2D eigenvalue weighted by molar-refractivity contribution is -0.304. The molecule has 0 aliphatic rings. The maximum Gasteiger partial charge on any atom is 0.108 e. The summed E-state index contributed by atoms with van der Waals surface area (Å²) in [6.45, 7) is 4.61. The third kappa shape index (κ3) is 7.88. The maximum atomic E-state index is 8.70. The van der Waals surface area contributed by atoms with E-state index in [2.05, 4.69) is 11.8 Å². The third-order valence-corrected chi connectivity index (χ3v) is 0.974. The molecule has 10 heavy (non-hydrogen) atoms. The van der Waals surface area contributed by atoms with E-state index >= 15 is 0 Å². The van der Waals surface area contributed by atoms with Gasteiger partial charge in [-0.05, 0) is 13.3 Å². The van der Waals surface area contributed by atoms with E-state index in [0.717, 1.165) is 12.8 Å². The summed E-state index contributed by atoms with van der Waals surface area (Å²) in [6, 6.07) is 0. The lowest BCUT2D eigenvalue weighted by atomic mass is 10.4. The molecule has 0 aromatic heterocycles. The van der Waals surface area contributed by atoms with Crippen molar-refractivity contribution in [1.82, 2.24) is 0 Å². The van der Waals surface area contributed by atoms with Crippen molar-refractivity contribution in [3.8, 4) is 0 Å². The lowest BCUT2D eigenvalue weighted by Gasteiger charge is -2.04. The first-order chi connectivity index (χ1) is 4.77. The van der Waals surface area contributed by atoms with E-state index in [9.17, 15) is 0 Å². The molecule has 3 heteroatoms. The van der Waals surface area contributed by atoms with Gasteiger partial charge in [-0.2, -0.15) is 0 Å². The Bertz CT molecular complexity index is 63.9. The average molecular weight is 148 g/mol. The first-order valence-electron chi connectivity index (χ1n) is 3.69. The smallest absolute Gasteiger partial charge is 0.108 e. The predicted molar refractivity (Wildman–Crippen MR) is 38.5 cm³/mol. The summed E-state index contributed by atoms with van der Waals surface area (Å²) < 4.78 is 0. The van der Waals surface area contributed by atoms with Crippen LogP contribution in [0.15, 0.2) is 0 Å². The van der Waals surface area contributed by atoms with Crippen molar-refractivity contribution < 1.29 is 14.9 Å². The first kappa shape index (κ1) is 9.88. The number of hydrogen-bond donors (Lipinski definition) is 1. The second kappa shape index (κ2) is 6.99. The van der Waals surface area contributed by atoms with Crippen LogP contribution in [-0.4, -0.2) is 24.4 Å². The number of rotatable bonds is 6. The molecule has 62 valence electrons. The molecule has 0 fully saturated rings. The second-order valence-corrected chi connectivity index (χ2v) is 2.31. The van der Waals surface area contributed by atoms with Crippen molar-refractivity contribution in [2.45, 2.75) is 32.8 Å². The minimum Gasteiger partial charge on any atom is -0.391 e. The van der Waals surface area contributed by atoms with E-state index in [-0.39, 0.29) is 6.61 Å². The quantitative estimate of drug-likeness (QED) is 0.348. The number of unbranched alkanes of at least 4 members (excludes halogenated alkanes) is 1. The Morgan fingerprint density at radius 2 is 2.10 bits per heavy atom. The second-order valence-electron chi connectivity index (χ2n) is 2.31. The van der Waals surface area contributed by atoms with Crippen molar-refractivity contribution in [2.24, 2.45) is 0 Å². The molecule has 0 aromatic carbocycles. The summed E-state index contributed by atoms with van der Waals surface area (Å²) in [7, 11) is 0. The molecular formula is C7H16O3. The van der Waals surface area contributed by atoms with Crippen LogP contribution in [0.25, 0.3) is 0 Å². The van der Waals surface area contributed by atoms with E-state index in [4.69, 9.17) is 9.99 Å². The number of hydrogen-bond acceptors (Lipinski definition) is 3. The Hall–Kier alpha value is -0.120. The van der Waals surface area contributed by atoms with Gasteiger partial charge in [0.2, 0.25) is 0 Å². The molecule has 0 amide bonds. The van der Waals surface area contributed by atoms with Gasteiger partial charge < -0.3 is 5.11 Å². The SMILES string of the molecule is CCCCOOCC(C)O. The average Bonchev–Trinajstić information content (AvgIpc) is 1.87. The fourth-order valence-electron chi connectivity index (χ4n) is 0.409. The Labute approximate surface area is 61.9 Å². The van der Waals surface area contributed by atoms with Crippen LogP contribution in [0.5, 0.6) is 0 Å². The molecule has 0 aromatic rings. The fraction of sp³-hybridized carbons (Fsp3) is 1.00. The van der Waals surface area contributed by atoms with Gasteiger partial charge in [-0.15, -0.1) is 0 Å². The van der Waals surface area contributed by atoms with Crippen LogP contribution in [-0.2, 0) is 9.78 Å². The third-order valence-electron chi connectivity index (χ3n) is 0.974. The van der Waals surface area contributed by atoms with E-state index in [1.807, 2.05) is 0 Å². The van der Waals surface area contributed by atoms with Crippen molar-refractivity contribution in [2.75, 3.05) is 13.2 Å². The van der Waals surface area contributed by atoms with Gasteiger partial charge in [-0.25, -0.2) is 9.78 Å². The zero-order valence-electron chi connectivity index (χ0n) is 6.67. The molecule has 1 unspecified atom stereocenters. The molecule has 0 heterocycles. The molecule has 1 N–H and O–H groups in total. The monoisotopic (exact) mass is 148 g/mol. The van der Waals surface area contributed by atoms with E-state index < -0.39 is 6.10 Å². The zero-order valence-corrected chi connectivity index (χ0v) is 6.67. The molecule has 3 nitrogen and oxygen atoms in total. The molecular weight excluding hydrogens is 132 g/mol. The summed E-state index contributed by atoms with van der Waals surface area (Å²) in [6.07, 6.45) is 1.65. The van der Waals surface area contributed by atoms with Crippen molar-refractivity contribution in [3.63, 3.8) is 0 Å². The summed E-state index contributed by atoms with van der Waals surface area (Å²) >= 11 is 0. The Morgan fingerprint density at radius 3 is 2.60 bits per heavy atom. The molecule has 0 bridgehead atoms. The molecule has 0 aliphatic carbocycles. The normalized spacial score (nSPS) is 13.5. The van der Waals surface area contributed by atoms with Gasteiger partial charge in [-0.1, -0.05) is 13.3 Å². The first-order valence-corrected chi connectivity index (χ1v) is 3.69. The minimum atomic E-state index is -0.443. The summed E-state index contributed by atoms with van der Waals surface area (Å²) in [5, 5.41) is 8.70. The van der Waals surface area contributed by atoms with Gasteiger partial charge in [0.25, 0.3) is 0 Å². The highest BCUT2D eigenvalue weighted by Crippen LogP contribution is 1.89. The highest BCUT2D eigenvalue weighted by Gasteiger charge is 1.94. The van der Waals surface area contributed by atoms with Gasteiger partial charge >= 0.3 is 0 Å². The lowest BCUT2D eigenvalue weighted by Crippen LogP contribution is -2.10. The molecule has 0 spiro atoms. The Kier molecular flexibility index (Phi) is 6.91. The summed E-state index contributed by atoms with van der Waals surface area (Å²) in [4.78, 5) is 9.37. The molecule has 0 saturated carbocycles. The summed E-state index contributed by atoms with van der Waals surface area (Å²) in [5.41, 5.74) is 0. The predicted octanol–water partition coefficient (Wildman–Crippen LogP) is 1.12.